The Balaban J connectivity index is 1.68. The average Bonchev–Trinajstić information content (AvgIpc) is 3.30. The van der Waals surface area contributed by atoms with Crippen molar-refractivity contribution < 1.29 is 12.9 Å². The van der Waals surface area contributed by atoms with Crippen LogP contribution in [0.4, 0.5) is 0 Å². The monoisotopic (exact) mass is 472 g/mol. The first kappa shape index (κ1) is 22.1. The Labute approximate surface area is 191 Å². The number of hydrogen-bond acceptors (Lipinski definition) is 6. The third kappa shape index (κ3) is 4.06. The van der Waals surface area contributed by atoms with Gasteiger partial charge in [-0.3, -0.25) is 13.9 Å². The fourth-order valence-corrected chi connectivity index (χ4v) is 5.99. The number of aryl methyl sites for hydroxylation is 1. The zero-order valence-electron chi connectivity index (χ0n) is 19.1. The van der Waals surface area contributed by atoms with E-state index in [1.807, 2.05) is 6.92 Å². The number of sulfonamides is 1. The third-order valence-corrected chi connectivity index (χ3v) is 8.61. The maximum absolute atomic E-state index is 13.4. The molecule has 33 heavy (non-hydrogen) atoms. The van der Waals surface area contributed by atoms with Gasteiger partial charge in [0.25, 0.3) is 5.56 Å². The van der Waals surface area contributed by atoms with E-state index in [1.54, 1.807) is 23.6 Å². The molecule has 0 aliphatic heterocycles. The summed E-state index contributed by atoms with van der Waals surface area (Å²) in [5, 5.41) is 4.03. The van der Waals surface area contributed by atoms with Gasteiger partial charge in [-0.05, 0) is 63.1 Å². The molecule has 0 atom stereocenters. The highest BCUT2D eigenvalue weighted by Gasteiger charge is 2.41. The Morgan fingerprint density at radius 3 is 2.39 bits per heavy atom. The second kappa shape index (κ2) is 7.39. The SMILES string of the molecule is Cc1cc(Cn2c(=O)c3cc(S(=O)(=O)NC4(C)CC4)ccc3n(CC3(C)CCC3)c2=O)on1. The van der Waals surface area contributed by atoms with Gasteiger partial charge < -0.3 is 4.52 Å². The fraction of sp³-hybridized carbons (Fsp3) is 0.522. The van der Waals surface area contributed by atoms with Crippen molar-refractivity contribution in [3.63, 3.8) is 0 Å². The normalized spacial score (nSPS) is 18.9. The molecule has 0 spiro atoms. The van der Waals surface area contributed by atoms with Crippen LogP contribution < -0.4 is 16.0 Å². The second-order valence-corrected chi connectivity index (χ2v) is 11.9. The number of hydrogen-bond donors (Lipinski definition) is 1. The van der Waals surface area contributed by atoms with Gasteiger partial charge in [0.05, 0.1) is 28.0 Å². The molecule has 2 aliphatic rings. The van der Waals surface area contributed by atoms with Crippen LogP contribution in [0.15, 0.2) is 43.3 Å². The first-order valence-corrected chi connectivity index (χ1v) is 12.7. The van der Waals surface area contributed by atoms with Crippen LogP contribution in [-0.4, -0.2) is 28.2 Å². The zero-order chi connectivity index (χ0) is 23.6. The molecule has 1 aromatic carbocycles. The number of nitrogens with one attached hydrogen (secondary N) is 1. The van der Waals surface area contributed by atoms with Gasteiger partial charge in [0.1, 0.15) is 0 Å². The minimum atomic E-state index is -3.80. The molecule has 9 nitrogen and oxygen atoms in total. The number of fused-ring (bicyclic) bond motifs is 1. The summed E-state index contributed by atoms with van der Waals surface area (Å²) >= 11 is 0. The van der Waals surface area contributed by atoms with Crippen molar-refractivity contribution in [2.24, 2.45) is 5.41 Å². The lowest BCUT2D eigenvalue weighted by atomic mass is 9.70. The van der Waals surface area contributed by atoms with E-state index >= 15 is 0 Å². The minimum absolute atomic E-state index is 0.0161. The first-order chi connectivity index (χ1) is 15.5. The predicted molar refractivity (Wildman–Crippen MR) is 123 cm³/mol. The highest BCUT2D eigenvalue weighted by atomic mass is 32.2. The Bertz CT molecular complexity index is 1470. The van der Waals surface area contributed by atoms with E-state index in [4.69, 9.17) is 4.52 Å². The molecule has 0 saturated heterocycles. The summed E-state index contributed by atoms with van der Waals surface area (Å²) in [6.45, 7) is 6.13. The van der Waals surface area contributed by atoms with E-state index < -0.39 is 26.8 Å². The van der Waals surface area contributed by atoms with Crippen LogP contribution in [0.5, 0.6) is 0 Å². The highest BCUT2D eigenvalue weighted by Crippen LogP contribution is 2.42. The van der Waals surface area contributed by atoms with Crippen molar-refractivity contribution in [1.82, 2.24) is 19.0 Å². The van der Waals surface area contributed by atoms with E-state index in [1.165, 1.54) is 12.1 Å². The number of benzene rings is 1. The maximum Gasteiger partial charge on any atom is 0.331 e. The molecule has 1 N–H and O–H groups in total. The van der Waals surface area contributed by atoms with Gasteiger partial charge in [-0.2, -0.15) is 0 Å². The van der Waals surface area contributed by atoms with Crippen molar-refractivity contribution in [3.05, 3.63) is 56.6 Å². The van der Waals surface area contributed by atoms with E-state index in [9.17, 15) is 18.0 Å². The Morgan fingerprint density at radius 1 is 1.09 bits per heavy atom. The smallest absolute Gasteiger partial charge is 0.331 e. The lowest BCUT2D eigenvalue weighted by Gasteiger charge is -2.39. The number of nitrogens with zero attached hydrogens (tertiary/aromatic N) is 3. The minimum Gasteiger partial charge on any atom is -0.359 e. The molecule has 5 rings (SSSR count). The largest absolute Gasteiger partial charge is 0.359 e. The van der Waals surface area contributed by atoms with E-state index in [0.717, 1.165) is 36.7 Å². The van der Waals surface area contributed by atoms with Crippen molar-refractivity contribution in [2.45, 2.75) is 76.4 Å². The van der Waals surface area contributed by atoms with Gasteiger partial charge in [0, 0.05) is 18.2 Å². The zero-order valence-corrected chi connectivity index (χ0v) is 19.9. The lowest BCUT2D eigenvalue weighted by molar-refractivity contribution is 0.131. The summed E-state index contributed by atoms with van der Waals surface area (Å²) in [6, 6.07) is 6.10. The topological polar surface area (TPSA) is 116 Å². The van der Waals surface area contributed by atoms with Gasteiger partial charge in [-0.15, -0.1) is 0 Å². The van der Waals surface area contributed by atoms with Gasteiger partial charge in [0.15, 0.2) is 5.76 Å². The van der Waals surface area contributed by atoms with E-state index in [-0.39, 0.29) is 22.2 Å². The van der Waals surface area contributed by atoms with Crippen LogP contribution in [0.1, 0.15) is 57.4 Å². The summed E-state index contributed by atoms with van der Waals surface area (Å²) < 4.78 is 36.6. The summed E-state index contributed by atoms with van der Waals surface area (Å²) in [6.07, 6.45) is 4.66. The average molecular weight is 473 g/mol. The number of aromatic nitrogens is 3. The van der Waals surface area contributed by atoms with Crippen LogP contribution in [0.25, 0.3) is 10.9 Å². The Hall–Kier alpha value is -2.72. The fourth-order valence-electron chi connectivity index (χ4n) is 4.50. The molecular weight excluding hydrogens is 444 g/mol. The standard InChI is InChI=1S/C23H28N4O5S/c1-15-11-16(32-24-15)13-26-20(28)18-12-17(33(30,31)25-23(3)9-10-23)5-6-19(18)27(21(26)29)14-22(2)7-4-8-22/h5-6,11-12,25H,4,7-10,13-14H2,1-3H3. The van der Waals surface area contributed by atoms with Crippen LogP contribution >= 0.6 is 0 Å². The number of rotatable bonds is 7. The third-order valence-electron chi connectivity index (χ3n) is 6.98. The maximum atomic E-state index is 13.4. The predicted octanol–water partition coefficient (Wildman–Crippen LogP) is 2.53. The van der Waals surface area contributed by atoms with Crippen LogP contribution in [0.2, 0.25) is 0 Å². The molecule has 10 heteroatoms. The van der Waals surface area contributed by atoms with Gasteiger partial charge in [-0.1, -0.05) is 18.5 Å². The molecule has 3 aromatic rings. The second-order valence-electron chi connectivity index (χ2n) is 10.2. The molecular formula is C23H28N4O5S. The summed E-state index contributed by atoms with van der Waals surface area (Å²) in [7, 11) is -3.80. The van der Waals surface area contributed by atoms with E-state index in [2.05, 4.69) is 16.8 Å². The summed E-state index contributed by atoms with van der Waals surface area (Å²) in [5.74, 6) is 0.388. The summed E-state index contributed by atoms with van der Waals surface area (Å²) in [4.78, 5) is 26.9. The van der Waals surface area contributed by atoms with E-state index in [0.29, 0.717) is 23.5 Å². The molecule has 0 unspecified atom stereocenters. The molecule has 0 bridgehead atoms. The van der Waals surface area contributed by atoms with Gasteiger partial charge >= 0.3 is 5.69 Å². The highest BCUT2D eigenvalue weighted by molar-refractivity contribution is 7.89. The Morgan fingerprint density at radius 2 is 1.82 bits per heavy atom. The van der Waals surface area contributed by atoms with Crippen LogP contribution in [0.3, 0.4) is 0 Å². The molecule has 2 aliphatic carbocycles. The first-order valence-electron chi connectivity index (χ1n) is 11.2. The van der Waals surface area contributed by atoms with Crippen molar-refractivity contribution in [2.75, 3.05) is 0 Å². The quantitative estimate of drug-likeness (QED) is 0.565. The van der Waals surface area contributed by atoms with Crippen LogP contribution in [0, 0.1) is 12.3 Å². The summed E-state index contributed by atoms with van der Waals surface area (Å²) in [5.41, 5.74) is -0.360. The molecule has 2 aromatic heterocycles. The Kier molecular flexibility index (Phi) is 4.95. The molecule has 2 fully saturated rings. The lowest BCUT2D eigenvalue weighted by Crippen LogP contribution is -2.44. The molecule has 2 heterocycles. The van der Waals surface area contributed by atoms with Crippen molar-refractivity contribution in [1.29, 1.82) is 0 Å². The van der Waals surface area contributed by atoms with Crippen LogP contribution in [-0.2, 0) is 23.1 Å². The van der Waals surface area contributed by atoms with Gasteiger partial charge in [-0.25, -0.2) is 17.9 Å². The molecule has 2 saturated carbocycles. The van der Waals surface area contributed by atoms with Crippen molar-refractivity contribution in [3.8, 4) is 0 Å². The molecule has 0 radical (unpaired) electrons. The van der Waals surface area contributed by atoms with Gasteiger partial charge in [0.2, 0.25) is 10.0 Å². The van der Waals surface area contributed by atoms with Crippen molar-refractivity contribution >= 4 is 20.9 Å². The molecule has 0 amide bonds. The molecule has 176 valence electrons.